The van der Waals surface area contributed by atoms with Gasteiger partial charge in [0.05, 0.1) is 22.2 Å². The molecule has 0 spiro atoms. The summed E-state index contributed by atoms with van der Waals surface area (Å²) >= 11 is 15.1. The summed E-state index contributed by atoms with van der Waals surface area (Å²) < 4.78 is 0.966. The van der Waals surface area contributed by atoms with E-state index in [2.05, 4.69) is 42.3 Å². The molecule has 1 heterocycles. The zero-order chi connectivity index (χ0) is 19.4. The topological polar surface area (TPSA) is 42.0 Å². The summed E-state index contributed by atoms with van der Waals surface area (Å²) in [7, 11) is 0. The van der Waals surface area contributed by atoms with Gasteiger partial charge in [-0.3, -0.25) is 4.79 Å². The molecule has 0 saturated heterocycles. The molecular weight excluding hydrogens is 419 g/mol. The summed E-state index contributed by atoms with van der Waals surface area (Å²) in [4.78, 5) is 16.8. The summed E-state index contributed by atoms with van der Waals surface area (Å²) in [5.74, 6) is 0.736. The summed E-state index contributed by atoms with van der Waals surface area (Å²) in [6.07, 6.45) is 0.223. The lowest BCUT2D eigenvalue weighted by atomic mass is 10.1. The van der Waals surface area contributed by atoms with Crippen LogP contribution in [0.3, 0.4) is 0 Å². The Morgan fingerprint density at radius 1 is 1.15 bits per heavy atom. The Balaban J connectivity index is 1.56. The largest absolute Gasteiger partial charge is 0.326 e. The van der Waals surface area contributed by atoms with Gasteiger partial charge in [0.25, 0.3) is 0 Å². The number of aryl methyl sites for hydroxylation is 2. The smallest absolute Gasteiger partial charge is 0.230 e. The maximum absolute atomic E-state index is 12.2. The molecule has 0 aliphatic carbocycles. The minimum absolute atomic E-state index is 0.134. The molecule has 1 aromatic heterocycles. The molecule has 0 bridgehead atoms. The highest BCUT2D eigenvalue weighted by Crippen LogP contribution is 2.28. The lowest BCUT2D eigenvalue weighted by Crippen LogP contribution is -2.14. The van der Waals surface area contributed by atoms with E-state index in [0.29, 0.717) is 15.7 Å². The molecule has 0 aliphatic heterocycles. The van der Waals surface area contributed by atoms with Crippen LogP contribution in [0.4, 0.5) is 5.69 Å². The molecule has 0 radical (unpaired) electrons. The molecule has 0 atom stereocenters. The van der Waals surface area contributed by atoms with E-state index in [-0.39, 0.29) is 12.3 Å². The predicted octanol–water partition coefficient (Wildman–Crippen LogP) is 6.54. The first kappa shape index (κ1) is 20.2. The second-order valence-electron chi connectivity index (χ2n) is 6.18. The van der Waals surface area contributed by atoms with Crippen molar-refractivity contribution < 1.29 is 4.79 Å². The van der Waals surface area contributed by atoms with E-state index >= 15 is 0 Å². The summed E-state index contributed by atoms with van der Waals surface area (Å²) in [5, 5.41) is 5.61. The molecule has 7 heteroatoms. The molecule has 27 heavy (non-hydrogen) atoms. The van der Waals surface area contributed by atoms with Crippen LogP contribution < -0.4 is 5.32 Å². The van der Waals surface area contributed by atoms with Gasteiger partial charge >= 0.3 is 0 Å². The van der Waals surface area contributed by atoms with Gasteiger partial charge in [0.15, 0.2) is 0 Å². The minimum atomic E-state index is -0.134. The number of thioether (sulfide) groups is 1. The number of rotatable bonds is 6. The van der Waals surface area contributed by atoms with E-state index in [1.807, 2.05) is 5.38 Å². The summed E-state index contributed by atoms with van der Waals surface area (Å²) in [5.41, 5.74) is 5.24. The third-order valence-electron chi connectivity index (χ3n) is 3.93. The molecule has 1 N–H and O–H groups in total. The van der Waals surface area contributed by atoms with Crippen molar-refractivity contribution in [3.63, 3.8) is 0 Å². The zero-order valence-corrected chi connectivity index (χ0v) is 18.0. The lowest BCUT2D eigenvalue weighted by molar-refractivity contribution is -0.115. The van der Waals surface area contributed by atoms with Gasteiger partial charge in [-0.15, -0.1) is 11.3 Å². The third kappa shape index (κ3) is 5.72. The molecule has 0 saturated carbocycles. The average Bonchev–Trinajstić information content (AvgIpc) is 3.06. The number of benzene rings is 2. The third-order valence-corrected chi connectivity index (χ3v) is 6.79. The van der Waals surface area contributed by atoms with Gasteiger partial charge in [-0.05, 0) is 43.2 Å². The highest BCUT2D eigenvalue weighted by molar-refractivity contribution is 8.00. The van der Waals surface area contributed by atoms with Crippen LogP contribution in [0.25, 0.3) is 0 Å². The van der Waals surface area contributed by atoms with Crippen molar-refractivity contribution in [1.29, 1.82) is 0 Å². The van der Waals surface area contributed by atoms with Crippen LogP contribution in [0.15, 0.2) is 46.1 Å². The van der Waals surface area contributed by atoms with Crippen molar-refractivity contribution in [2.45, 2.75) is 30.4 Å². The first-order chi connectivity index (χ1) is 12.9. The Morgan fingerprint density at radius 3 is 2.74 bits per heavy atom. The van der Waals surface area contributed by atoms with Crippen LogP contribution in [0.5, 0.6) is 0 Å². The number of amides is 1. The number of anilines is 1. The number of carbonyl (C=O) groups is 1. The Morgan fingerprint density at radius 2 is 1.96 bits per heavy atom. The number of nitrogens with one attached hydrogen (secondary N) is 1. The monoisotopic (exact) mass is 436 g/mol. The second kappa shape index (κ2) is 9.11. The maximum Gasteiger partial charge on any atom is 0.230 e. The number of thiazole rings is 1. The Bertz CT molecular complexity index is 972. The molecule has 3 rings (SSSR count). The molecular formula is C20H18Cl2N2OS2. The molecule has 0 unspecified atom stereocenters. The standard InChI is InChI=1S/C20H18Cl2N2OS2/c1-12-3-4-13(2)14(7-12)10-26-20-24-16(11-27-20)9-19(25)23-15-5-6-17(21)18(22)8-15/h3-8,11H,9-10H2,1-2H3,(H,23,25). The van der Waals surface area contributed by atoms with Gasteiger partial charge in [0.1, 0.15) is 4.34 Å². The number of carbonyl (C=O) groups excluding carboxylic acids is 1. The van der Waals surface area contributed by atoms with Gasteiger partial charge in [-0.2, -0.15) is 0 Å². The highest BCUT2D eigenvalue weighted by Gasteiger charge is 2.10. The fraction of sp³-hybridized carbons (Fsp3) is 0.200. The van der Waals surface area contributed by atoms with Crippen LogP contribution in [-0.2, 0) is 17.0 Å². The Hall–Kier alpha value is -1.53. The normalized spacial score (nSPS) is 10.8. The quantitative estimate of drug-likeness (QED) is 0.445. The molecule has 3 aromatic rings. The summed E-state index contributed by atoms with van der Waals surface area (Å²) in [6.45, 7) is 4.22. The first-order valence-electron chi connectivity index (χ1n) is 8.29. The fourth-order valence-corrected chi connectivity index (χ4v) is 4.68. The van der Waals surface area contributed by atoms with Crippen molar-refractivity contribution in [1.82, 2.24) is 4.98 Å². The van der Waals surface area contributed by atoms with Gasteiger partial charge < -0.3 is 5.32 Å². The van der Waals surface area contributed by atoms with Gasteiger partial charge in [-0.1, -0.05) is 58.7 Å². The van der Waals surface area contributed by atoms with Crippen molar-refractivity contribution in [2.75, 3.05) is 5.32 Å². The predicted molar refractivity (Wildman–Crippen MR) is 116 cm³/mol. The Labute approximate surface area is 177 Å². The van der Waals surface area contributed by atoms with Gasteiger partial charge in [0, 0.05) is 16.8 Å². The van der Waals surface area contributed by atoms with Gasteiger partial charge in [0.2, 0.25) is 5.91 Å². The average molecular weight is 437 g/mol. The fourth-order valence-electron chi connectivity index (χ4n) is 2.47. The molecule has 0 fully saturated rings. The number of hydrogen-bond acceptors (Lipinski definition) is 4. The first-order valence-corrected chi connectivity index (χ1v) is 10.9. The zero-order valence-electron chi connectivity index (χ0n) is 14.9. The number of aromatic nitrogens is 1. The van der Waals surface area contributed by atoms with Crippen LogP contribution in [0, 0.1) is 13.8 Å². The molecule has 1 amide bonds. The highest BCUT2D eigenvalue weighted by atomic mass is 35.5. The van der Waals surface area contributed by atoms with E-state index in [1.165, 1.54) is 16.7 Å². The van der Waals surface area contributed by atoms with Crippen molar-refractivity contribution >= 4 is 57.9 Å². The van der Waals surface area contributed by atoms with Gasteiger partial charge in [-0.25, -0.2) is 4.98 Å². The van der Waals surface area contributed by atoms with Crippen LogP contribution >= 0.6 is 46.3 Å². The lowest BCUT2D eigenvalue weighted by Gasteiger charge is -2.06. The van der Waals surface area contributed by atoms with Crippen LogP contribution in [0.1, 0.15) is 22.4 Å². The molecule has 3 nitrogen and oxygen atoms in total. The van der Waals surface area contributed by atoms with Crippen LogP contribution in [-0.4, -0.2) is 10.9 Å². The van der Waals surface area contributed by atoms with E-state index in [4.69, 9.17) is 23.2 Å². The second-order valence-corrected chi connectivity index (χ2v) is 9.07. The van der Waals surface area contributed by atoms with E-state index in [0.717, 1.165) is 15.8 Å². The number of halogens is 2. The van der Waals surface area contributed by atoms with Crippen LogP contribution in [0.2, 0.25) is 10.0 Å². The SMILES string of the molecule is Cc1ccc(C)c(CSc2nc(CC(=O)Nc3ccc(Cl)c(Cl)c3)cs2)c1. The molecule has 0 aliphatic rings. The Kier molecular flexibility index (Phi) is 6.82. The van der Waals surface area contributed by atoms with Crippen molar-refractivity contribution in [2.24, 2.45) is 0 Å². The molecule has 140 valence electrons. The number of nitrogens with zero attached hydrogens (tertiary/aromatic N) is 1. The minimum Gasteiger partial charge on any atom is -0.326 e. The van der Waals surface area contributed by atoms with Crippen molar-refractivity contribution in [3.05, 3.63) is 74.2 Å². The summed E-state index contributed by atoms with van der Waals surface area (Å²) in [6, 6.07) is 11.5. The van der Waals surface area contributed by atoms with E-state index < -0.39 is 0 Å². The van der Waals surface area contributed by atoms with E-state index in [9.17, 15) is 4.79 Å². The number of hydrogen-bond donors (Lipinski definition) is 1. The van der Waals surface area contributed by atoms with E-state index in [1.54, 1.807) is 41.3 Å². The van der Waals surface area contributed by atoms with Crippen molar-refractivity contribution in [3.8, 4) is 0 Å². The maximum atomic E-state index is 12.2. The molecule has 2 aromatic carbocycles.